The number of hydrogen-bond donors (Lipinski definition) is 2. The van der Waals surface area contributed by atoms with E-state index in [1.807, 2.05) is 10.7 Å². The van der Waals surface area contributed by atoms with Gasteiger partial charge >= 0.3 is 5.97 Å². The maximum absolute atomic E-state index is 12.7. The molecule has 7 nitrogen and oxygen atoms in total. The van der Waals surface area contributed by atoms with E-state index in [9.17, 15) is 9.59 Å². The molecular weight excluding hydrogens is 352 g/mol. The van der Waals surface area contributed by atoms with Gasteiger partial charge < -0.3 is 10.4 Å². The maximum Gasteiger partial charge on any atom is 0.347 e. The van der Waals surface area contributed by atoms with Crippen molar-refractivity contribution >= 4 is 23.2 Å². The molecule has 3 rings (SSSR count). The number of carboxylic acid groups (broad SMARTS) is 1. The lowest BCUT2D eigenvalue weighted by molar-refractivity contribution is 0.0700. The first-order valence-corrected chi connectivity index (χ1v) is 9.51. The fourth-order valence-electron chi connectivity index (χ4n) is 2.85. The van der Waals surface area contributed by atoms with Crippen molar-refractivity contribution in [3.05, 3.63) is 33.0 Å². The second-order valence-electron chi connectivity index (χ2n) is 7.78. The van der Waals surface area contributed by atoms with Crippen LogP contribution < -0.4 is 5.32 Å². The van der Waals surface area contributed by atoms with Gasteiger partial charge in [0.05, 0.1) is 17.3 Å². The summed E-state index contributed by atoms with van der Waals surface area (Å²) in [5.74, 6) is -0.782. The molecule has 2 aromatic heterocycles. The molecule has 26 heavy (non-hydrogen) atoms. The molecule has 1 atom stereocenters. The Kier molecular flexibility index (Phi) is 4.64. The van der Waals surface area contributed by atoms with Crippen molar-refractivity contribution in [2.75, 3.05) is 0 Å². The van der Waals surface area contributed by atoms with E-state index in [1.54, 1.807) is 13.8 Å². The van der Waals surface area contributed by atoms with Gasteiger partial charge in [0.25, 0.3) is 5.91 Å². The van der Waals surface area contributed by atoms with E-state index in [1.165, 1.54) is 0 Å². The molecule has 2 aromatic rings. The molecule has 0 bridgehead atoms. The summed E-state index contributed by atoms with van der Waals surface area (Å²) in [7, 11) is 0. The summed E-state index contributed by atoms with van der Waals surface area (Å²) < 4.78 is 1.94. The van der Waals surface area contributed by atoms with Gasteiger partial charge in [0.2, 0.25) is 0 Å². The topological polar surface area (TPSA) is 97.1 Å². The Balaban J connectivity index is 1.80. The quantitative estimate of drug-likeness (QED) is 0.833. The molecule has 0 saturated heterocycles. The van der Waals surface area contributed by atoms with Gasteiger partial charge in [0, 0.05) is 11.6 Å². The van der Waals surface area contributed by atoms with E-state index in [0.717, 1.165) is 29.9 Å². The molecule has 2 heterocycles. The van der Waals surface area contributed by atoms with E-state index in [4.69, 9.17) is 5.11 Å². The van der Waals surface area contributed by atoms with E-state index in [-0.39, 0.29) is 22.4 Å². The molecule has 1 fully saturated rings. The number of rotatable bonds is 5. The standard InChI is InChI=1S/C18H24N4O3S/c1-9-14(17(24)25)26-16(20-9)10(2)19-15(23)12-8-13(11-6-7-11)22(21-12)18(3,4)5/h8,10-11H,6-7H2,1-5H3,(H,19,23)(H,24,25). The number of aromatic carboxylic acids is 1. The van der Waals surface area contributed by atoms with Crippen LogP contribution in [0, 0.1) is 6.92 Å². The molecule has 0 spiro atoms. The van der Waals surface area contributed by atoms with Crippen LogP contribution in [0.4, 0.5) is 0 Å². The highest BCUT2D eigenvalue weighted by atomic mass is 32.1. The van der Waals surface area contributed by atoms with Gasteiger partial charge in [-0.1, -0.05) is 0 Å². The van der Waals surface area contributed by atoms with Gasteiger partial charge in [0.1, 0.15) is 15.6 Å². The van der Waals surface area contributed by atoms with Crippen LogP contribution in [0.3, 0.4) is 0 Å². The number of thiazole rings is 1. The summed E-state index contributed by atoms with van der Waals surface area (Å²) in [4.78, 5) is 28.3. The number of carboxylic acids is 1. The molecule has 0 aliphatic heterocycles. The van der Waals surface area contributed by atoms with E-state index in [0.29, 0.717) is 22.3 Å². The minimum absolute atomic E-state index is 0.190. The van der Waals surface area contributed by atoms with Gasteiger partial charge in [-0.25, -0.2) is 9.78 Å². The van der Waals surface area contributed by atoms with Crippen molar-refractivity contribution in [1.82, 2.24) is 20.1 Å². The number of carbonyl (C=O) groups excluding carboxylic acids is 1. The van der Waals surface area contributed by atoms with Crippen LogP contribution >= 0.6 is 11.3 Å². The Morgan fingerprint density at radius 1 is 1.38 bits per heavy atom. The highest BCUT2D eigenvalue weighted by Gasteiger charge is 2.32. The van der Waals surface area contributed by atoms with Crippen LogP contribution in [-0.4, -0.2) is 31.7 Å². The number of nitrogens with one attached hydrogen (secondary N) is 1. The van der Waals surface area contributed by atoms with Crippen molar-refractivity contribution < 1.29 is 14.7 Å². The number of carbonyl (C=O) groups is 2. The summed E-state index contributed by atoms with van der Waals surface area (Å²) >= 11 is 1.09. The molecule has 8 heteroatoms. The number of aryl methyl sites for hydroxylation is 1. The lowest BCUT2D eigenvalue weighted by Crippen LogP contribution is -2.29. The molecule has 140 valence electrons. The average Bonchev–Trinajstić information content (AvgIpc) is 3.13. The third-order valence-electron chi connectivity index (χ3n) is 4.33. The summed E-state index contributed by atoms with van der Waals surface area (Å²) in [6.45, 7) is 9.67. The monoisotopic (exact) mass is 376 g/mol. The first-order chi connectivity index (χ1) is 12.1. The molecule has 1 saturated carbocycles. The van der Waals surface area contributed by atoms with Crippen LogP contribution in [-0.2, 0) is 5.54 Å². The Labute approximate surface area is 156 Å². The van der Waals surface area contributed by atoms with Crippen molar-refractivity contribution in [1.29, 1.82) is 0 Å². The van der Waals surface area contributed by atoms with Crippen molar-refractivity contribution in [3.8, 4) is 0 Å². The largest absolute Gasteiger partial charge is 0.477 e. The maximum atomic E-state index is 12.7. The second kappa shape index (κ2) is 6.50. The highest BCUT2D eigenvalue weighted by molar-refractivity contribution is 7.13. The Morgan fingerprint density at radius 3 is 2.54 bits per heavy atom. The number of amides is 1. The van der Waals surface area contributed by atoms with E-state index in [2.05, 4.69) is 36.2 Å². The summed E-state index contributed by atoms with van der Waals surface area (Å²) in [5.41, 5.74) is 1.77. The molecular formula is C18H24N4O3S. The predicted molar refractivity (Wildman–Crippen MR) is 98.9 cm³/mol. The highest BCUT2D eigenvalue weighted by Crippen LogP contribution is 2.41. The zero-order chi connectivity index (χ0) is 19.2. The van der Waals surface area contributed by atoms with Gasteiger partial charge in [0.15, 0.2) is 0 Å². The van der Waals surface area contributed by atoms with Crippen molar-refractivity contribution in [2.45, 2.75) is 65.0 Å². The third kappa shape index (κ3) is 3.65. The molecule has 0 radical (unpaired) electrons. The van der Waals surface area contributed by atoms with Crippen molar-refractivity contribution in [2.24, 2.45) is 0 Å². The van der Waals surface area contributed by atoms with Crippen LogP contribution in [0.15, 0.2) is 6.07 Å². The lowest BCUT2D eigenvalue weighted by atomic mass is 10.1. The van der Waals surface area contributed by atoms with E-state index >= 15 is 0 Å². The smallest absolute Gasteiger partial charge is 0.347 e. The van der Waals surface area contributed by atoms with Gasteiger partial charge in [-0.3, -0.25) is 9.48 Å². The normalized spacial score (nSPS) is 15.7. The van der Waals surface area contributed by atoms with Crippen molar-refractivity contribution in [3.63, 3.8) is 0 Å². The fourth-order valence-corrected chi connectivity index (χ4v) is 3.76. The summed E-state index contributed by atoms with van der Waals surface area (Å²) in [6, 6.07) is 1.49. The Hall–Kier alpha value is -2.22. The average molecular weight is 376 g/mol. The number of nitrogens with zero attached hydrogens (tertiary/aromatic N) is 3. The molecule has 1 amide bonds. The van der Waals surface area contributed by atoms with Crippen LogP contribution in [0.2, 0.25) is 0 Å². The lowest BCUT2D eigenvalue weighted by Gasteiger charge is -2.22. The minimum Gasteiger partial charge on any atom is -0.477 e. The van der Waals surface area contributed by atoms with Gasteiger partial charge in [-0.15, -0.1) is 11.3 Å². The summed E-state index contributed by atoms with van der Waals surface area (Å²) in [6.07, 6.45) is 2.27. The molecule has 0 aromatic carbocycles. The minimum atomic E-state index is -0.997. The van der Waals surface area contributed by atoms with E-state index < -0.39 is 5.97 Å². The Morgan fingerprint density at radius 2 is 2.04 bits per heavy atom. The zero-order valence-corrected chi connectivity index (χ0v) is 16.5. The van der Waals surface area contributed by atoms with Crippen LogP contribution in [0.1, 0.15) is 89.1 Å². The number of aromatic nitrogens is 3. The third-order valence-corrected chi connectivity index (χ3v) is 5.65. The Bertz CT molecular complexity index is 858. The first kappa shape index (κ1) is 18.6. The zero-order valence-electron chi connectivity index (χ0n) is 15.7. The van der Waals surface area contributed by atoms with Gasteiger partial charge in [-0.2, -0.15) is 5.10 Å². The summed E-state index contributed by atoms with van der Waals surface area (Å²) in [5, 5.41) is 17.2. The second-order valence-corrected chi connectivity index (χ2v) is 8.81. The first-order valence-electron chi connectivity index (χ1n) is 8.70. The molecule has 2 N–H and O–H groups in total. The number of hydrogen-bond acceptors (Lipinski definition) is 5. The van der Waals surface area contributed by atoms with Crippen LogP contribution in [0.5, 0.6) is 0 Å². The van der Waals surface area contributed by atoms with Crippen LogP contribution in [0.25, 0.3) is 0 Å². The predicted octanol–water partition coefficient (Wildman–Crippen LogP) is 3.47. The van der Waals surface area contributed by atoms with Gasteiger partial charge in [-0.05, 0) is 53.5 Å². The SMILES string of the molecule is Cc1nc(C(C)NC(=O)c2cc(C3CC3)n(C(C)(C)C)n2)sc1C(=O)O. The molecule has 1 aliphatic rings. The fraction of sp³-hybridized carbons (Fsp3) is 0.556. The molecule has 1 unspecified atom stereocenters. The molecule has 1 aliphatic carbocycles.